The van der Waals surface area contributed by atoms with Crippen molar-refractivity contribution >= 4 is 17.5 Å². The molecule has 0 aliphatic carbocycles. The molecule has 1 aromatic heterocycles. The maximum Gasteiger partial charge on any atom is 0.273 e. The number of nitrogens with zero attached hydrogens (tertiary/aromatic N) is 2. The average molecular weight is 203 g/mol. The van der Waals surface area contributed by atoms with Crippen LogP contribution in [-0.2, 0) is 0 Å². The number of alkyl halides is 1. The van der Waals surface area contributed by atoms with Gasteiger partial charge in [0.2, 0.25) is 0 Å². The van der Waals surface area contributed by atoms with Crippen molar-refractivity contribution in [1.29, 1.82) is 0 Å². The molecule has 1 aromatic rings. The van der Waals surface area contributed by atoms with Gasteiger partial charge in [0.25, 0.3) is 5.91 Å². The van der Waals surface area contributed by atoms with E-state index in [4.69, 9.17) is 11.6 Å². The topological polar surface area (TPSA) is 70.7 Å². The number of H-pyrrole nitrogens is 1. The zero-order valence-corrected chi connectivity index (χ0v) is 8.01. The summed E-state index contributed by atoms with van der Waals surface area (Å²) in [6, 6.07) is 0. The molecule has 0 saturated carbocycles. The van der Waals surface area contributed by atoms with Crippen molar-refractivity contribution < 1.29 is 4.79 Å². The minimum Gasteiger partial charge on any atom is -0.351 e. The fourth-order valence-electron chi connectivity index (χ4n) is 0.786. The number of carbonyl (C=O) groups is 1. The van der Waals surface area contributed by atoms with Gasteiger partial charge in [-0.05, 0) is 13.3 Å². The fraction of sp³-hybridized carbons (Fsp3) is 0.571. The van der Waals surface area contributed by atoms with E-state index in [0.29, 0.717) is 12.2 Å². The Morgan fingerprint density at radius 3 is 3.15 bits per heavy atom. The molecule has 1 heterocycles. The maximum atomic E-state index is 11.2. The van der Waals surface area contributed by atoms with Crippen LogP contribution in [0.5, 0.6) is 0 Å². The Morgan fingerprint density at radius 1 is 1.85 bits per heavy atom. The molecular weight excluding hydrogens is 192 g/mol. The largest absolute Gasteiger partial charge is 0.351 e. The number of rotatable bonds is 4. The molecule has 6 heteroatoms. The Kier molecular flexibility index (Phi) is 3.70. The number of aromatic nitrogens is 3. The summed E-state index contributed by atoms with van der Waals surface area (Å²) in [4.78, 5) is 11.2. The van der Waals surface area contributed by atoms with Gasteiger partial charge in [0.15, 0.2) is 5.69 Å². The molecule has 0 aliphatic rings. The van der Waals surface area contributed by atoms with Crippen molar-refractivity contribution in [3.63, 3.8) is 0 Å². The first-order valence-electron chi connectivity index (χ1n) is 3.98. The van der Waals surface area contributed by atoms with Crippen LogP contribution in [0.1, 0.15) is 23.8 Å². The Balaban J connectivity index is 2.27. The van der Waals surface area contributed by atoms with E-state index in [0.717, 1.165) is 6.42 Å². The van der Waals surface area contributed by atoms with E-state index in [2.05, 4.69) is 20.7 Å². The van der Waals surface area contributed by atoms with Gasteiger partial charge in [-0.3, -0.25) is 4.79 Å². The summed E-state index contributed by atoms with van der Waals surface area (Å²) in [7, 11) is 0. The molecule has 2 N–H and O–H groups in total. The maximum absolute atomic E-state index is 11.2. The number of aromatic amines is 1. The summed E-state index contributed by atoms with van der Waals surface area (Å²) >= 11 is 5.70. The Morgan fingerprint density at radius 2 is 2.62 bits per heavy atom. The van der Waals surface area contributed by atoms with Crippen molar-refractivity contribution in [2.45, 2.75) is 18.7 Å². The summed E-state index contributed by atoms with van der Waals surface area (Å²) in [6.45, 7) is 2.43. The molecule has 0 spiro atoms. The summed E-state index contributed by atoms with van der Waals surface area (Å²) in [6.07, 6.45) is 2.12. The minimum atomic E-state index is -0.230. The highest BCUT2D eigenvalue weighted by atomic mass is 35.5. The second-order valence-electron chi connectivity index (χ2n) is 2.68. The highest BCUT2D eigenvalue weighted by molar-refractivity contribution is 6.20. The Labute approximate surface area is 80.9 Å². The molecule has 1 rings (SSSR count). The van der Waals surface area contributed by atoms with Crippen LogP contribution in [0.2, 0.25) is 0 Å². The van der Waals surface area contributed by atoms with Gasteiger partial charge in [0.05, 0.1) is 6.20 Å². The number of amides is 1. The Hall–Kier alpha value is -1.10. The van der Waals surface area contributed by atoms with Crippen LogP contribution in [0.25, 0.3) is 0 Å². The van der Waals surface area contributed by atoms with Gasteiger partial charge in [-0.15, -0.1) is 11.6 Å². The van der Waals surface area contributed by atoms with Crippen LogP contribution in [-0.4, -0.2) is 33.2 Å². The third kappa shape index (κ3) is 3.42. The van der Waals surface area contributed by atoms with Gasteiger partial charge in [0, 0.05) is 11.9 Å². The number of halogens is 1. The normalized spacial score (nSPS) is 12.5. The highest BCUT2D eigenvalue weighted by Crippen LogP contribution is 1.97. The first kappa shape index (κ1) is 9.98. The lowest BCUT2D eigenvalue weighted by atomic mass is 10.3. The lowest BCUT2D eigenvalue weighted by molar-refractivity contribution is 0.0948. The molecule has 1 atom stereocenters. The molecule has 72 valence electrons. The van der Waals surface area contributed by atoms with Crippen molar-refractivity contribution in [3.05, 3.63) is 11.9 Å². The van der Waals surface area contributed by atoms with Crippen molar-refractivity contribution in [2.75, 3.05) is 6.54 Å². The van der Waals surface area contributed by atoms with E-state index in [9.17, 15) is 4.79 Å². The lowest BCUT2D eigenvalue weighted by Gasteiger charge is -2.03. The molecular formula is C7H11ClN4O. The lowest BCUT2D eigenvalue weighted by Crippen LogP contribution is -2.26. The first-order valence-corrected chi connectivity index (χ1v) is 4.42. The van der Waals surface area contributed by atoms with Crippen molar-refractivity contribution in [2.24, 2.45) is 0 Å². The minimum absolute atomic E-state index is 0.0672. The quantitative estimate of drug-likeness (QED) is 0.701. The van der Waals surface area contributed by atoms with Gasteiger partial charge >= 0.3 is 0 Å². The molecule has 13 heavy (non-hydrogen) atoms. The van der Waals surface area contributed by atoms with Crippen LogP contribution >= 0.6 is 11.6 Å². The van der Waals surface area contributed by atoms with Crippen LogP contribution in [0.15, 0.2) is 6.20 Å². The molecule has 0 aromatic carbocycles. The van der Waals surface area contributed by atoms with Gasteiger partial charge in [-0.2, -0.15) is 15.4 Å². The molecule has 1 amide bonds. The fourth-order valence-corrected chi connectivity index (χ4v) is 0.895. The predicted molar refractivity (Wildman–Crippen MR) is 48.6 cm³/mol. The van der Waals surface area contributed by atoms with Crippen LogP contribution in [0.3, 0.4) is 0 Å². The molecule has 0 bridgehead atoms. The highest BCUT2D eigenvalue weighted by Gasteiger charge is 2.07. The zero-order chi connectivity index (χ0) is 9.68. The molecule has 0 radical (unpaired) electrons. The monoisotopic (exact) mass is 202 g/mol. The van der Waals surface area contributed by atoms with E-state index in [1.54, 1.807) is 0 Å². The van der Waals surface area contributed by atoms with Gasteiger partial charge in [-0.1, -0.05) is 0 Å². The van der Waals surface area contributed by atoms with Gasteiger partial charge in [-0.25, -0.2) is 0 Å². The summed E-state index contributed by atoms with van der Waals surface area (Å²) in [5, 5.41) is 12.3. The number of carbonyl (C=O) groups excluding carboxylic acids is 1. The van der Waals surface area contributed by atoms with E-state index in [1.807, 2.05) is 6.92 Å². The molecule has 1 unspecified atom stereocenters. The SMILES string of the molecule is CC(Cl)CCNC(=O)c1cn[nH]n1. The summed E-state index contributed by atoms with van der Waals surface area (Å²) < 4.78 is 0. The number of hydrogen-bond acceptors (Lipinski definition) is 3. The van der Waals surface area contributed by atoms with Crippen LogP contribution < -0.4 is 5.32 Å². The zero-order valence-electron chi connectivity index (χ0n) is 7.25. The number of hydrogen-bond donors (Lipinski definition) is 2. The average Bonchev–Trinajstić information content (AvgIpc) is 2.55. The molecule has 5 nitrogen and oxygen atoms in total. The van der Waals surface area contributed by atoms with E-state index < -0.39 is 0 Å². The summed E-state index contributed by atoms with van der Waals surface area (Å²) in [5.41, 5.74) is 0.294. The van der Waals surface area contributed by atoms with Gasteiger partial charge < -0.3 is 5.32 Å². The summed E-state index contributed by atoms with van der Waals surface area (Å²) in [5.74, 6) is -0.230. The third-order valence-electron chi connectivity index (χ3n) is 1.48. The van der Waals surface area contributed by atoms with Gasteiger partial charge in [0.1, 0.15) is 0 Å². The third-order valence-corrected chi connectivity index (χ3v) is 1.69. The number of nitrogens with one attached hydrogen (secondary N) is 2. The predicted octanol–water partition coefficient (Wildman–Crippen LogP) is 0.552. The van der Waals surface area contributed by atoms with Crippen LogP contribution in [0, 0.1) is 0 Å². The van der Waals surface area contributed by atoms with E-state index in [1.165, 1.54) is 6.20 Å². The first-order chi connectivity index (χ1) is 6.20. The van der Waals surface area contributed by atoms with Crippen molar-refractivity contribution in [3.8, 4) is 0 Å². The molecule has 0 fully saturated rings. The Bertz CT molecular complexity index is 259. The van der Waals surface area contributed by atoms with Crippen molar-refractivity contribution in [1.82, 2.24) is 20.7 Å². The standard InChI is InChI=1S/C7H11ClN4O/c1-5(8)2-3-9-7(13)6-4-10-12-11-6/h4-5H,2-3H2,1H3,(H,9,13)(H,10,11,12). The van der Waals surface area contributed by atoms with Crippen LogP contribution in [0.4, 0.5) is 0 Å². The molecule has 0 saturated heterocycles. The second kappa shape index (κ2) is 4.81. The smallest absolute Gasteiger partial charge is 0.273 e. The molecule has 0 aliphatic heterocycles. The van der Waals surface area contributed by atoms with E-state index in [-0.39, 0.29) is 11.3 Å². The van der Waals surface area contributed by atoms with E-state index >= 15 is 0 Å². The second-order valence-corrected chi connectivity index (χ2v) is 3.43.